The van der Waals surface area contributed by atoms with Gasteiger partial charge < -0.3 is 10.3 Å². The molecule has 19 heavy (non-hydrogen) atoms. The fourth-order valence-corrected chi connectivity index (χ4v) is 2.14. The maximum Gasteiger partial charge on any atom is 0.231 e. The molecule has 2 N–H and O–H groups in total. The maximum atomic E-state index is 11.8. The average molecular weight is 281 g/mol. The highest BCUT2D eigenvalue weighted by atomic mass is 32.2. The fourth-order valence-electron chi connectivity index (χ4n) is 1.48. The first-order valence-electron chi connectivity index (χ1n) is 5.72. The van der Waals surface area contributed by atoms with Gasteiger partial charge in [0.15, 0.2) is 0 Å². The molecular formula is C10H15N7OS. The van der Waals surface area contributed by atoms with E-state index in [2.05, 4.69) is 30.8 Å². The molecule has 0 aromatic carbocycles. The maximum absolute atomic E-state index is 11.8. The Balaban J connectivity index is 1.83. The second-order valence-corrected chi connectivity index (χ2v) is 5.06. The van der Waals surface area contributed by atoms with Crippen molar-refractivity contribution in [2.24, 2.45) is 7.05 Å². The molecule has 2 aromatic rings. The minimum atomic E-state index is -0.153. The number of H-pyrrole nitrogens is 1. The highest BCUT2D eigenvalue weighted by molar-refractivity contribution is 7.99. The molecule has 0 aliphatic heterocycles. The lowest BCUT2D eigenvalue weighted by atomic mass is 10.3. The zero-order valence-corrected chi connectivity index (χ0v) is 11.7. The molecule has 8 nitrogen and oxygen atoms in total. The van der Waals surface area contributed by atoms with Crippen LogP contribution in [0.5, 0.6) is 0 Å². The number of rotatable bonds is 5. The number of carbonyl (C=O) groups is 1. The molecule has 0 saturated carbocycles. The van der Waals surface area contributed by atoms with E-state index in [1.165, 1.54) is 16.4 Å². The van der Waals surface area contributed by atoms with Gasteiger partial charge in [0, 0.05) is 18.9 Å². The summed E-state index contributed by atoms with van der Waals surface area (Å²) in [5.74, 6) is 0.920. The van der Waals surface area contributed by atoms with Gasteiger partial charge in [0.25, 0.3) is 0 Å². The van der Waals surface area contributed by atoms with E-state index in [1.807, 2.05) is 13.8 Å². The second kappa shape index (κ2) is 5.83. The van der Waals surface area contributed by atoms with E-state index < -0.39 is 0 Å². The normalized spacial score (nSPS) is 12.4. The third kappa shape index (κ3) is 3.53. The van der Waals surface area contributed by atoms with Gasteiger partial charge in [0.05, 0.1) is 11.8 Å². The Morgan fingerprint density at radius 3 is 3.00 bits per heavy atom. The summed E-state index contributed by atoms with van der Waals surface area (Å²) in [6, 6.07) is -0.153. The highest BCUT2D eigenvalue weighted by Crippen LogP contribution is 2.13. The Kier molecular flexibility index (Phi) is 4.15. The summed E-state index contributed by atoms with van der Waals surface area (Å²) in [7, 11) is 1.73. The van der Waals surface area contributed by atoms with Gasteiger partial charge in [0.2, 0.25) is 11.1 Å². The lowest BCUT2D eigenvalue weighted by molar-refractivity contribution is -0.119. The van der Waals surface area contributed by atoms with E-state index >= 15 is 0 Å². The first-order chi connectivity index (χ1) is 9.06. The van der Waals surface area contributed by atoms with Crippen molar-refractivity contribution in [3.05, 3.63) is 17.7 Å². The van der Waals surface area contributed by atoms with Crippen LogP contribution in [0.25, 0.3) is 0 Å². The van der Waals surface area contributed by atoms with Gasteiger partial charge in [-0.3, -0.25) is 4.79 Å². The van der Waals surface area contributed by atoms with Crippen molar-refractivity contribution in [3.63, 3.8) is 0 Å². The van der Waals surface area contributed by atoms with Crippen molar-refractivity contribution in [1.29, 1.82) is 0 Å². The molecular weight excluding hydrogens is 266 g/mol. The summed E-state index contributed by atoms with van der Waals surface area (Å²) in [4.78, 5) is 19.1. The highest BCUT2D eigenvalue weighted by Gasteiger charge is 2.13. The van der Waals surface area contributed by atoms with Gasteiger partial charge in [-0.25, -0.2) is 9.67 Å². The molecule has 102 valence electrons. The van der Waals surface area contributed by atoms with Gasteiger partial charge in [-0.1, -0.05) is 11.8 Å². The summed E-state index contributed by atoms with van der Waals surface area (Å²) in [5, 5.41) is 14.5. The van der Waals surface area contributed by atoms with Crippen molar-refractivity contribution < 1.29 is 4.79 Å². The monoisotopic (exact) mass is 281 g/mol. The number of nitrogens with zero attached hydrogens (tertiary/aromatic N) is 5. The van der Waals surface area contributed by atoms with Crippen molar-refractivity contribution in [1.82, 2.24) is 35.5 Å². The predicted octanol–water partition coefficient (Wildman–Crippen LogP) is 0.211. The number of aromatic nitrogens is 6. The van der Waals surface area contributed by atoms with Crippen LogP contribution in [0.3, 0.4) is 0 Å². The number of carbonyl (C=O) groups excluding carboxylic acids is 1. The van der Waals surface area contributed by atoms with E-state index in [-0.39, 0.29) is 17.7 Å². The van der Waals surface area contributed by atoms with Crippen LogP contribution in [0.15, 0.2) is 11.4 Å². The summed E-state index contributed by atoms with van der Waals surface area (Å²) < 4.78 is 1.53. The summed E-state index contributed by atoms with van der Waals surface area (Å²) in [6.45, 7) is 3.80. The van der Waals surface area contributed by atoms with Gasteiger partial charge in [-0.2, -0.15) is 0 Å². The lowest BCUT2D eigenvalue weighted by Crippen LogP contribution is -2.29. The molecule has 0 saturated heterocycles. The van der Waals surface area contributed by atoms with E-state index in [4.69, 9.17) is 0 Å². The molecule has 0 spiro atoms. The Bertz CT molecular complexity index is 564. The van der Waals surface area contributed by atoms with Crippen molar-refractivity contribution in [3.8, 4) is 0 Å². The number of thioether (sulfide) groups is 1. The number of amides is 1. The predicted molar refractivity (Wildman–Crippen MR) is 69.4 cm³/mol. The van der Waals surface area contributed by atoms with E-state index in [0.29, 0.717) is 5.16 Å². The Labute approximate surface area is 114 Å². The van der Waals surface area contributed by atoms with Crippen LogP contribution in [0.4, 0.5) is 0 Å². The van der Waals surface area contributed by atoms with Crippen LogP contribution in [0.2, 0.25) is 0 Å². The zero-order chi connectivity index (χ0) is 13.8. The first-order valence-corrected chi connectivity index (χ1v) is 6.71. The molecule has 0 unspecified atom stereocenters. The average Bonchev–Trinajstić information content (AvgIpc) is 2.95. The van der Waals surface area contributed by atoms with Crippen molar-refractivity contribution in [2.75, 3.05) is 5.75 Å². The molecule has 2 heterocycles. The Hall–Kier alpha value is -1.90. The van der Waals surface area contributed by atoms with Gasteiger partial charge in [-0.15, -0.1) is 5.10 Å². The molecule has 0 bridgehead atoms. The van der Waals surface area contributed by atoms with Crippen LogP contribution in [-0.2, 0) is 11.8 Å². The number of hydrogen-bond donors (Lipinski definition) is 2. The van der Waals surface area contributed by atoms with E-state index in [0.717, 1.165) is 11.5 Å². The summed E-state index contributed by atoms with van der Waals surface area (Å²) in [5.41, 5.74) is 0.968. The largest absolute Gasteiger partial charge is 0.346 e. The number of nitrogens with one attached hydrogen (secondary N) is 2. The van der Waals surface area contributed by atoms with Crippen LogP contribution >= 0.6 is 11.8 Å². The second-order valence-electron chi connectivity index (χ2n) is 4.11. The molecule has 0 radical (unpaired) electrons. The van der Waals surface area contributed by atoms with Crippen molar-refractivity contribution >= 4 is 17.7 Å². The Morgan fingerprint density at radius 2 is 2.42 bits per heavy atom. The lowest BCUT2D eigenvalue weighted by Gasteiger charge is -2.10. The molecule has 9 heteroatoms. The topological polar surface area (TPSA) is 101 Å². The minimum absolute atomic E-state index is 0.0884. The molecule has 2 aromatic heterocycles. The first kappa shape index (κ1) is 13.5. The van der Waals surface area contributed by atoms with E-state index in [1.54, 1.807) is 13.2 Å². The van der Waals surface area contributed by atoms with Crippen LogP contribution in [-0.4, -0.2) is 41.8 Å². The molecule has 0 aliphatic carbocycles. The third-order valence-corrected chi connectivity index (χ3v) is 3.43. The zero-order valence-electron chi connectivity index (χ0n) is 10.9. The van der Waals surface area contributed by atoms with Crippen LogP contribution in [0.1, 0.15) is 24.5 Å². The number of aryl methyl sites for hydroxylation is 2. The number of tetrazole rings is 1. The molecule has 0 fully saturated rings. The minimum Gasteiger partial charge on any atom is -0.346 e. The number of hydrogen-bond acceptors (Lipinski definition) is 6. The fraction of sp³-hybridized carbons (Fsp3) is 0.500. The number of aromatic amines is 1. The molecule has 1 atom stereocenters. The van der Waals surface area contributed by atoms with Crippen molar-refractivity contribution in [2.45, 2.75) is 25.0 Å². The molecule has 0 aliphatic rings. The van der Waals surface area contributed by atoms with Crippen LogP contribution in [0, 0.1) is 6.92 Å². The SMILES string of the molecule is Cc1cnc([C@@H](C)NC(=O)CSc2nnnn2C)[nH]1. The molecule has 1 amide bonds. The van der Waals surface area contributed by atoms with Gasteiger partial charge in [-0.05, 0) is 24.3 Å². The third-order valence-electron chi connectivity index (χ3n) is 2.42. The van der Waals surface area contributed by atoms with Gasteiger partial charge in [0.1, 0.15) is 5.82 Å². The summed E-state index contributed by atoms with van der Waals surface area (Å²) >= 11 is 1.29. The van der Waals surface area contributed by atoms with Gasteiger partial charge >= 0.3 is 0 Å². The number of imidazole rings is 1. The summed E-state index contributed by atoms with van der Waals surface area (Å²) in [6.07, 6.45) is 1.73. The quantitative estimate of drug-likeness (QED) is 0.760. The van der Waals surface area contributed by atoms with Crippen LogP contribution < -0.4 is 5.32 Å². The smallest absolute Gasteiger partial charge is 0.231 e. The molecule has 2 rings (SSSR count). The standard InChI is InChI=1S/C10H15N7OS/c1-6-4-11-9(12-6)7(2)13-8(18)5-19-10-14-15-16-17(10)3/h4,7H,5H2,1-3H3,(H,11,12)(H,13,18)/t7-/m1/s1. The van der Waals surface area contributed by atoms with E-state index in [9.17, 15) is 4.79 Å². The Morgan fingerprint density at radius 1 is 1.63 bits per heavy atom.